The Balaban J connectivity index is 4.22. The maximum Gasteiger partial charge on any atom is 0.334 e. The van der Waals surface area contributed by atoms with Gasteiger partial charge in [0.1, 0.15) is 0 Å². The minimum absolute atomic E-state index is 0.0888. The molecule has 6 heteroatoms. The van der Waals surface area contributed by atoms with Crippen LogP contribution in [-0.4, -0.2) is 42.8 Å². The summed E-state index contributed by atoms with van der Waals surface area (Å²) in [7, 11) is 1.27. The van der Waals surface area contributed by atoms with Crippen molar-refractivity contribution in [3.8, 4) is 0 Å². The van der Waals surface area contributed by atoms with Gasteiger partial charge in [-0.3, -0.25) is 4.79 Å². The number of carbonyl (C=O) groups is 2. The van der Waals surface area contributed by atoms with Gasteiger partial charge in [-0.25, -0.2) is 4.79 Å². The Kier molecular flexibility index (Phi) is 5.40. The largest absolute Gasteiger partial charge is 0.479 e. The molecule has 0 radical (unpaired) electrons. The van der Waals surface area contributed by atoms with E-state index in [-0.39, 0.29) is 17.9 Å². The number of ether oxygens (including phenoxy) is 1. The van der Waals surface area contributed by atoms with Crippen molar-refractivity contribution >= 4 is 11.9 Å². The second-order valence-corrected chi connectivity index (χ2v) is 4.65. The number of nitrogens with two attached hydrogens (primary N) is 1. The molecule has 0 rings (SSSR count). The SMILES string of the molecule is COC(CNC(=O)[C@H](N)C(C)(C)C)C(=O)O. The fourth-order valence-electron chi connectivity index (χ4n) is 0.968. The molecular weight excluding hydrogens is 212 g/mol. The van der Waals surface area contributed by atoms with Gasteiger partial charge in [0.05, 0.1) is 12.6 Å². The highest BCUT2D eigenvalue weighted by molar-refractivity contribution is 5.83. The Morgan fingerprint density at radius 2 is 1.94 bits per heavy atom. The third-order valence-corrected chi connectivity index (χ3v) is 2.24. The van der Waals surface area contributed by atoms with Crippen LogP contribution in [0.25, 0.3) is 0 Å². The van der Waals surface area contributed by atoms with E-state index in [0.717, 1.165) is 0 Å². The summed E-state index contributed by atoms with van der Waals surface area (Å²) < 4.78 is 4.67. The van der Waals surface area contributed by atoms with Crippen molar-refractivity contribution in [1.82, 2.24) is 5.32 Å². The van der Waals surface area contributed by atoms with Crippen LogP contribution in [0, 0.1) is 5.41 Å². The molecule has 0 saturated heterocycles. The number of aliphatic carboxylic acids is 1. The van der Waals surface area contributed by atoms with E-state index < -0.39 is 18.1 Å². The first-order valence-corrected chi connectivity index (χ1v) is 4.99. The zero-order chi connectivity index (χ0) is 12.9. The molecule has 16 heavy (non-hydrogen) atoms. The summed E-state index contributed by atoms with van der Waals surface area (Å²) in [6.07, 6.45) is -1.05. The van der Waals surface area contributed by atoms with Crippen molar-refractivity contribution in [2.24, 2.45) is 11.1 Å². The molecule has 0 aromatic rings. The third kappa shape index (κ3) is 4.59. The van der Waals surface area contributed by atoms with Crippen LogP contribution in [0.15, 0.2) is 0 Å². The van der Waals surface area contributed by atoms with Crippen LogP contribution in [0.1, 0.15) is 20.8 Å². The molecular formula is C10H20N2O4. The second kappa shape index (κ2) is 5.81. The van der Waals surface area contributed by atoms with Crippen LogP contribution in [-0.2, 0) is 14.3 Å². The number of carboxylic acid groups (broad SMARTS) is 1. The highest BCUT2D eigenvalue weighted by Gasteiger charge is 2.28. The normalized spacial score (nSPS) is 15.3. The Bertz CT molecular complexity index is 260. The molecule has 0 fully saturated rings. The van der Waals surface area contributed by atoms with Crippen LogP contribution in [0.5, 0.6) is 0 Å². The number of rotatable bonds is 5. The van der Waals surface area contributed by atoms with Crippen LogP contribution < -0.4 is 11.1 Å². The molecule has 1 unspecified atom stereocenters. The predicted molar refractivity (Wildman–Crippen MR) is 58.9 cm³/mol. The number of amides is 1. The standard InChI is InChI=1S/C10H20N2O4/c1-10(2,3)7(11)8(13)12-5-6(16-4)9(14)15/h6-7H,5,11H2,1-4H3,(H,12,13)(H,14,15)/t6?,7-/m0/s1. The van der Waals surface area contributed by atoms with Gasteiger partial charge in [0, 0.05) is 7.11 Å². The molecule has 0 aromatic heterocycles. The summed E-state index contributed by atoms with van der Waals surface area (Å²) in [4.78, 5) is 22.2. The molecule has 6 nitrogen and oxygen atoms in total. The van der Waals surface area contributed by atoms with Crippen molar-refractivity contribution in [3.05, 3.63) is 0 Å². The number of methoxy groups -OCH3 is 1. The van der Waals surface area contributed by atoms with Gasteiger partial charge in [0.15, 0.2) is 6.10 Å². The fraction of sp³-hybridized carbons (Fsp3) is 0.800. The van der Waals surface area contributed by atoms with Crippen molar-refractivity contribution in [3.63, 3.8) is 0 Å². The van der Waals surface area contributed by atoms with Gasteiger partial charge in [-0.2, -0.15) is 0 Å². The Hall–Kier alpha value is -1.14. The number of nitrogens with one attached hydrogen (secondary N) is 1. The number of hydrogen-bond donors (Lipinski definition) is 3. The lowest BCUT2D eigenvalue weighted by molar-refractivity contribution is -0.148. The van der Waals surface area contributed by atoms with Gasteiger partial charge in [-0.15, -0.1) is 0 Å². The summed E-state index contributed by atoms with van der Waals surface area (Å²) in [5.74, 6) is -1.50. The van der Waals surface area contributed by atoms with Crippen LogP contribution >= 0.6 is 0 Å². The molecule has 0 saturated carbocycles. The zero-order valence-electron chi connectivity index (χ0n) is 10.1. The lowest BCUT2D eigenvalue weighted by Gasteiger charge is -2.26. The van der Waals surface area contributed by atoms with Gasteiger partial charge in [-0.05, 0) is 5.41 Å². The third-order valence-electron chi connectivity index (χ3n) is 2.24. The quantitative estimate of drug-likeness (QED) is 0.597. The van der Waals surface area contributed by atoms with E-state index in [1.165, 1.54) is 7.11 Å². The van der Waals surface area contributed by atoms with Gasteiger partial charge in [0.25, 0.3) is 0 Å². The van der Waals surface area contributed by atoms with E-state index in [4.69, 9.17) is 10.8 Å². The van der Waals surface area contributed by atoms with E-state index in [1.54, 1.807) is 0 Å². The topological polar surface area (TPSA) is 102 Å². The Morgan fingerprint density at radius 1 is 1.44 bits per heavy atom. The molecule has 2 atom stereocenters. The molecule has 4 N–H and O–H groups in total. The molecule has 94 valence electrons. The first kappa shape index (κ1) is 14.9. The highest BCUT2D eigenvalue weighted by atomic mass is 16.5. The lowest BCUT2D eigenvalue weighted by atomic mass is 9.87. The summed E-state index contributed by atoms with van der Waals surface area (Å²) in [5.41, 5.74) is 5.33. The summed E-state index contributed by atoms with van der Waals surface area (Å²) >= 11 is 0. The minimum atomic E-state index is -1.12. The molecule has 0 heterocycles. The number of hydrogen-bond acceptors (Lipinski definition) is 4. The smallest absolute Gasteiger partial charge is 0.334 e. The first-order valence-electron chi connectivity index (χ1n) is 4.99. The van der Waals surface area contributed by atoms with Crippen LogP contribution in [0.2, 0.25) is 0 Å². The summed E-state index contributed by atoms with van der Waals surface area (Å²) in [5, 5.41) is 11.1. The molecule has 0 aliphatic heterocycles. The van der Waals surface area contributed by atoms with E-state index in [0.29, 0.717) is 0 Å². The first-order chi connectivity index (χ1) is 7.20. The Labute approximate surface area is 95.1 Å². The highest BCUT2D eigenvalue weighted by Crippen LogP contribution is 2.17. The van der Waals surface area contributed by atoms with Crippen molar-refractivity contribution in [2.45, 2.75) is 32.9 Å². The average molecular weight is 232 g/mol. The average Bonchev–Trinajstić information content (AvgIpc) is 2.15. The number of carbonyl (C=O) groups excluding carboxylic acids is 1. The maximum absolute atomic E-state index is 11.5. The molecule has 0 aliphatic rings. The van der Waals surface area contributed by atoms with Crippen molar-refractivity contribution < 1.29 is 19.4 Å². The van der Waals surface area contributed by atoms with Crippen molar-refractivity contribution in [1.29, 1.82) is 0 Å². The molecule has 0 aromatic carbocycles. The zero-order valence-corrected chi connectivity index (χ0v) is 10.1. The van der Waals surface area contributed by atoms with Gasteiger partial charge >= 0.3 is 5.97 Å². The van der Waals surface area contributed by atoms with E-state index in [2.05, 4.69) is 10.1 Å². The van der Waals surface area contributed by atoms with E-state index in [9.17, 15) is 9.59 Å². The monoisotopic (exact) mass is 232 g/mol. The predicted octanol–water partition coefficient (Wildman–Crippen LogP) is -0.424. The van der Waals surface area contributed by atoms with Gasteiger partial charge in [-0.1, -0.05) is 20.8 Å². The number of carboxylic acids is 1. The molecule has 1 amide bonds. The van der Waals surface area contributed by atoms with Gasteiger partial charge < -0.3 is 20.9 Å². The fourth-order valence-corrected chi connectivity index (χ4v) is 0.968. The van der Waals surface area contributed by atoms with Crippen LogP contribution in [0.3, 0.4) is 0 Å². The van der Waals surface area contributed by atoms with Crippen LogP contribution in [0.4, 0.5) is 0 Å². The van der Waals surface area contributed by atoms with Gasteiger partial charge in [0.2, 0.25) is 5.91 Å². The summed E-state index contributed by atoms with van der Waals surface area (Å²) in [6.45, 7) is 5.42. The second-order valence-electron chi connectivity index (χ2n) is 4.65. The van der Waals surface area contributed by atoms with Crippen molar-refractivity contribution in [2.75, 3.05) is 13.7 Å². The van der Waals surface area contributed by atoms with E-state index in [1.807, 2.05) is 20.8 Å². The lowest BCUT2D eigenvalue weighted by Crippen LogP contribution is -2.51. The molecule has 0 bridgehead atoms. The Morgan fingerprint density at radius 3 is 2.25 bits per heavy atom. The van der Waals surface area contributed by atoms with E-state index >= 15 is 0 Å². The maximum atomic E-state index is 11.5. The molecule has 0 aliphatic carbocycles. The summed E-state index contributed by atoms with van der Waals surface area (Å²) in [6, 6.07) is -0.682. The molecule has 0 spiro atoms. The minimum Gasteiger partial charge on any atom is -0.479 e.